The van der Waals surface area contributed by atoms with Gasteiger partial charge in [0.2, 0.25) is 5.28 Å². The number of nitrogens with zero attached hydrogens (tertiary/aromatic N) is 3. The molecule has 1 N–H and O–H groups in total. The van der Waals surface area contributed by atoms with E-state index in [0.29, 0.717) is 12.8 Å². The maximum absolute atomic E-state index is 13.7. The van der Waals surface area contributed by atoms with Gasteiger partial charge in [0.05, 0.1) is 12.7 Å². The molecule has 0 amide bonds. The molecule has 8 heteroatoms. The summed E-state index contributed by atoms with van der Waals surface area (Å²) in [5.74, 6) is -3.22. The smallest absolute Gasteiger partial charge is 0.262 e. The zero-order valence-corrected chi connectivity index (χ0v) is 13.2. The topological polar surface area (TPSA) is 41.1 Å². The molecule has 2 aliphatic rings. The molecule has 0 aliphatic carbocycles. The lowest BCUT2D eigenvalue weighted by molar-refractivity contribution is -0.00687. The predicted octanol–water partition coefficient (Wildman–Crippen LogP) is 3.33. The quantitative estimate of drug-likeness (QED) is 0.842. The average molecular weight is 335 g/mol. The third-order valence-corrected chi connectivity index (χ3v) is 4.69. The molecule has 2 fully saturated rings. The summed E-state index contributed by atoms with van der Waals surface area (Å²) in [6, 6.07) is -0.345. The van der Waals surface area contributed by atoms with Crippen LogP contribution in [0, 0.1) is 5.82 Å². The highest BCUT2D eigenvalue weighted by Gasteiger charge is 2.53. The molecule has 4 nitrogen and oxygen atoms in total. The van der Waals surface area contributed by atoms with Gasteiger partial charge in [-0.2, -0.15) is 4.98 Å². The summed E-state index contributed by atoms with van der Waals surface area (Å²) < 4.78 is 41.1. The summed E-state index contributed by atoms with van der Waals surface area (Å²) in [5, 5.41) is 2.96. The Hall–Kier alpha value is -1.08. The van der Waals surface area contributed by atoms with Crippen LogP contribution in [0.5, 0.6) is 0 Å². The van der Waals surface area contributed by atoms with Gasteiger partial charge in [0.15, 0.2) is 11.6 Å². The van der Waals surface area contributed by atoms with Gasteiger partial charge in [-0.05, 0) is 38.3 Å². The normalized spacial score (nSPS) is 30.1. The predicted molar refractivity (Wildman–Crippen MR) is 77.8 cm³/mol. The van der Waals surface area contributed by atoms with Gasteiger partial charge in [-0.1, -0.05) is 0 Å². The maximum atomic E-state index is 13.7. The third-order valence-electron chi connectivity index (χ3n) is 4.51. The fraction of sp³-hybridized carbons (Fsp3) is 0.714. The number of hydrogen-bond acceptors (Lipinski definition) is 4. The van der Waals surface area contributed by atoms with Crippen LogP contribution in [0.2, 0.25) is 5.28 Å². The van der Waals surface area contributed by atoms with Crippen molar-refractivity contribution in [3.8, 4) is 0 Å². The van der Waals surface area contributed by atoms with E-state index in [0.717, 1.165) is 6.20 Å². The zero-order chi connectivity index (χ0) is 16.1. The van der Waals surface area contributed by atoms with E-state index < -0.39 is 11.7 Å². The second kappa shape index (κ2) is 5.23. The first kappa shape index (κ1) is 15.8. The summed E-state index contributed by atoms with van der Waals surface area (Å²) in [7, 11) is 0. The molecule has 2 aliphatic heterocycles. The first-order valence-electron chi connectivity index (χ1n) is 7.25. The van der Waals surface area contributed by atoms with E-state index in [2.05, 4.69) is 15.3 Å². The Labute approximate surface area is 132 Å². The molecule has 1 aromatic rings. The van der Waals surface area contributed by atoms with Crippen molar-refractivity contribution in [1.82, 2.24) is 14.9 Å². The van der Waals surface area contributed by atoms with Crippen LogP contribution in [0.15, 0.2) is 6.20 Å². The van der Waals surface area contributed by atoms with Crippen LogP contribution in [-0.4, -0.2) is 45.0 Å². The van der Waals surface area contributed by atoms with E-state index in [1.807, 2.05) is 18.7 Å². The van der Waals surface area contributed by atoms with E-state index >= 15 is 0 Å². The van der Waals surface area contributed by atoms with Gasteiger partial charge >= 0.3 is 0 Å². The van der Waals surface area contributed by atoms with E-state index in [9.17, 15) is 13.2 Å². The van der Waals surface area contributed by atoms with Gasteiger partial charge in [-0.3, -0.25) is 4.90 Å². The van der Waals surface area contributed by atoms with Gasteiger partial charge in [-0.25, -0.2) is 18.2 Å². The lowest BCUT2D eigenvalue weighted by atomic mass is 9.84. The largest absolute Gasteiger partial charge is 0.365 e. The summed E-state index contributed by atoms with van der Waals surface area (Å²) in [6.07, 6.45) is 2.00. The summed E-state index contributed by atoms with van der Waals surface area (Å²) >= 11 is 5.68. The molecule has 0 radical (unpaired) electrons. The molecule has 3 rings (SSSR count). The fourth-order valence-corrected chi connectivity index (χ4v) is 3.83. The molecule has 0 unspecified atom stereocenters. The Morgan fingerprint density at radius 1 is 1.36 bits per heavy atom. The molecule has 0 aromatic carbocycles. The van der Waals surface area contributed by atoms with Crippen molar-refractivity contribution >= 4 is 17.4 Å². The number of nitrogens with one attached hydrogen (secondary N) is 1. The number of fused-ring (bicyclic) bond motifs is 1. The summed E-state index contributed by atoms with van der Waals surface area (Å²) in [5.41, 5.74) is -0.381. The minimum Gasteiger partial charge on any atom is -0.365 e. The molecule has 2 saturated heterocycles. The second-order valence-electron chi connectivity index (χ2n) is 6.77. The molecule has 1 aromatic heterocycles. The SMILES string of the molecule is CC1(C)C[C@H](Nc2nc(Cl)ncc2F)C[C@@H]2CC(F)(F)CN21. The van der Waals surface area contributed by atoms with Gasteiger partial charge < -0.3 is 5.32 Å². The second-order valence-corrected chi connectivity index (χ2v) is 7.11. The highest BCUT2D eigenvalue weighted by atomic mass is 35.5. The first-order chi connectivity index (χ1) is 10.2. The van der Waals surface area contributed by atoms with Crippen molar-refractivity contribution < 1.29 is 13.2 Å². The van der Waals surface area contributed by atoms with Crippen LogP contribution in [0.4, 0.5) is 19.0 Å². The standard InChI is InChI=1S/C14H18ClF3N4/c1-13(2)4-8(3-9-5-14(17,18)7-22(9)13)20-11-10(16)6-19-12(15)21-11/h6,8-9H,3-5,7H2,1-2H3,(H,19,20,21)/t8-,9-/m1/s1. The van der Waals surface area contributed by atoms with Crippen LogP contribution in [-0.2, 0) is 0 Å². The van der Waals surface area contributed by atoms with Crippen LogP contribution in [0.3, 0.4) is 0 Å². The summed E-state index contributed by atoms with van der Waals surface area (Å²) in [4.78, 5) is 9.27. The molecule has 122 valence electrons. The molecular formula is C14H18ClF3N4. The number of rotatable bonds is 2. The molecule has 0 saturated carbocycles. The molecule has 2 atom stereocenters. The van der Waals surface area contributed by atoms with Crippen molar-refractivity contribution in [3.63, 3.8) is 0 Å². The average Bonchev–Trinajstić information content (AvgIpc) is 2.69. The fourth-order valence-electron chi connectivity index (χ4n) is 3.70. The number of hydrogen-bond donors (Lipinski definition) is 1. The van der Waals surface area contributed by atoms with Gasteiger partial charge in [0.25, 0.3) is 5.92 Å². The number of aromatic nitrogens is 2. The van der Waals surface area contributed by atoms with Gasteiger partial charge in [-0.15, -0.1) is 0 Å². The van der Waals surface area contributed by atoms with E-state index in [4.69, 9.17) is 11.6 Å². The van der Waals surface area contributed by atoms with E-state index in [1.165, 1.54) is 0 Å². The Morgan fingerprint density at radius 2 is 2.09 bits per heavy atom. The van der Waals surface area contributed by atoms with E-state index in [-0.39, 0.29) is 41.7 Å². The Bertz CT molecular complexity index is 581. The number of alkyl halides is 2. The maximum Gasteiger partial charge on any atom is 0.262 e. The Morgan fingerprint density at radius 3 is 2.82 bits per heavy atom. The third kappa shape index (κ3) is 3.01. The lowest BCUT2D eigenvalue weighted by Crippen LogP contribution is -2.55. The van der Waals surface area contributed by atoms with Crippen LogP contribution in [0.25, 0.3) is 0 Å². The number of halogens is 4. The molecule has 0 spiro atoms. The van der Waals surface area contributed by atoms with Crippen molar-refractivity contribution in [2.75, 3.05) is 11.9 Å². The zero-order valence-electron chi connectivity index (χ0n) is 12.4. The van der Waals surface area contributed by atoms with Crippen LogP contribution < -0.4 is 5.32 Å². The summed E-state index contributed by atoms with van der Waals surface area (Å²) in [6.45, 7) is 3.68. The van der Waals surface area contributed by atoms with Crippen LogP contribution >= 0.6 is 11.6 Å². The lowest BCUT2D eigenvalue weighted by Gasteiger charge is -2.47. The highest BCUT2D eigenvalue weighted by Crippen LogP contribution is 2.44. The first-order valence-corrected chi connectivity index (χ1v) is 7.63. The van der Waals surface area contributed by atoms with Crippen molar-refractivity contribution in [3.05, 3.63) is 17.3 Å². The minimum absolute atomic E-state index is 0.0269. The van der Waals surface area contributed by atoms with Crippen molar-refractivity contribution in [2.45, 2.75) is 56.7 Å². The van der Waals surface area contributed by atoms with Crippen LogP contribution in [0.1, 0.15) is 33.1 Å². The number of piperidine rings is 1. The van der Waals surface area contributed by atoms with Crippen molar-refractivity contribution in [2.24, 2.45) is 0 Å². The van der Waals surface area contributed by atoms with E-state index in [1.54, 1.807) is 0 Å². The number of anilines is 1. The minimum atomic E-state index is -2.65. The molecule has 3 heterocycles. The molecule has 0 bridgehead atoms. The Kier molecular flexibility index (Phi) is 3.76. The van der Waals surface area contributed by atoms with Crippen molar-refractivity contribution in [1.29, 1.82) is 0 Å². The van der Waals surface area contributed by atoms with Gasteiger partial charge in [0, 0.05) is 24.0 Å². The molecular weight excluding hydrogens is 317 g/mol. The Balaban J connectivity index is 1.78. The monoisotopic (exact) mass is 334 g/mol. The molecule has 22 heavy (non-hydrogen) atoms. The highest BCUT2D eigenvalue weighted by molar-refractivity contribution is 6.28. The van der Waals surface area contributed by atoms with Gasteiger partial charge in [0.1, 0.15) is 0 Å².